The zero-order valence-corrected chi connectivity index (χ0v) is 14.5. The molecule has 1 fully saturated rings. The van der Waals surface area contributed by atoms with E-state index in [9.17, 15) is 9.59 Å². The Bertz CT molecular complexity index is 1020. The Labute approximate surface area is 150 Å². The van der Waals surface area contributed by atoms with Gasteiger partial charge in [0.15, 0.2) is 0 Å². The Hall–Kier alpha value is -3.15. The second-order valence-corrected chi connectivity index (χ2v) is 6.64. The molecule has 1 aliphatic carbocycles. The van der Waals surface area contributed by atoms with Crippen LogP contribution in [0.25, 0.3) is 10.9 Å². The number of benzene rings is 1. The summed E-state index contributed by atoms with van der Waals surface area (Å²) in [6.45, 7) is 0.410. The number of rotatable bonds is 5. The molecule has 2 N–H and O–H groups in total. The fraction of sp³-hybridized carbons (Fsp3) is 0.250. The summed E-state index contributed by atoms with van der Waals surface area (Å²) in [6.07, 6.45) is 3.59. The van der Waals surface area contributed by atoms with E-state index in [1.54, 1.807) is 23.9 Å². The predicted molar refractivity (Wildman–Crippen MR) is 102 cm³/mol. The number of carbonyl (C=O) groups is 1. The highest BCUT2D eigenvalue weighted by Crippen LogP contribution is 2.30. The van der Waals surface area contributed by atoms with E-state index >= 15 is 0 Å². The van der Waals surface area contributed by atoms with Gasteiger partial charge in [0.05, 0.1) is 17.4 Å². The number of fused-ring (bicyclic) bond motifs is 1. The van der Waals surface area contributed by atoms with Crippen molar-refractivity contribution in [3.05, 3.63) is 64.6 Å². The van der Waals surface area contributed by atoms with Gasteiger partial charge in [0, 0.05) is 25.1 Å². The van der Waals surface area contributed by atoms with Crippen LogP contribution in [0.3, 0.4) is 0 Å². The van der Waals surface area contributed by atoms with Crippen molar-refractivity contribution in [1.29, 1.82) is 0 Å². The molecule has 1 aromatic carbocycles. The molecule has 1 amide bonds. The van der Waals surface area contributed by atoms with Crippen LogP contribution in [0.1, 0.15) is 18.4 Å². The number of carbonyl (C=O) groups excluding carboxylic acids is 1. The summed E-state index contributed by atoms with van der Waals surface area (Å²) in [5, 5.41) is 7.06. The summed E-state index contributed by atoms with van der Waals surface area (Å²) in [5.41, 5.74) is 2.39. The third-order valence-corrected chi connectivity index (χ3v) is 4.65. The molecule has 0 saturated heterocycles. The first-order valence-electron chi connectivity index (χ1n) is 8.70. The van der Waals surface area contributed by atoms with Gasteiger partial charge in [-0.1, -0.05) is 18.2 Å². The van der Waals surface area contributed by atoms with Crippen LogP contribution in [0, 0.1) is 5.92 Å². The normalized spacial score (nSPS) is 13.6. The largest absolute Gasteiger partial charge is 0.380 e. The molecule has 4 rings (SSSR count). The van der Waals surface area contributed by atoms with E-state index in [1.165, 1.54) is 0 Å². The summed E-state index contributed by atoms with van der Waals surface area (Å²) in [5.74, 6) is 0.741. The lowest BCUT2D eigenvalue weighted by Gasteiger charge is -2.11. The highest BCUT2D eigenvalue weighted by molar-refractivity contribution is 5.93. The fourth-order valence-electron chi connectivity index (χ4n) is 2.96. The summed E-state index contributed by atoms with van der Waals surface area (Å²) in [6, 6.07) is 13.4. The summed E-state index contributed by atoms with van der Waals surface area (Å²) >= 11 is 0. The first-order valence-corrected chi connectivity index (χ1v) is 8.70. The van der Waals surface area contributed by atoms with Crippen LogP contribution in [-0.4, -0.2) is 15.5 Å². The molecular formula is C20H20N4O2. The minimum atomic E-state index is -0.0162. The lowest BCUT2D eigenvalue weighted by atomic mass is 10.1. The summed E-state index contributed by atoms with van der Waals surface area (Å²) in [7, 11) is 1.78. The molecule has 0 aliphatic heterocycles. The first kappa shape index (κ1) is 16.3. The van der Waals surface area contributed by atoms with Crippen molar-refractivity contribution < 1.29 is 4.79 Å². The second-order valence-electron chi connectivity index (χ2n) is 6.64. The van der Waals surface area contributed by atoms with Crippen LogP contribution >= 0.6 is 0 Å². The van der Waals surface area contributed by atoms with Gasteiger partial charge in [-0.3, -0.25) is 9.59 Å². The van der Waals surface area contributed by atoms with Gasteiger partial charge in [0.1, 0.15) is 5.82 Å². The minimum absolute atomic E-state index is 0.0162. The molecule has 3 aromatic rings. The van der Waals surface area contributed by atoms with E-state index in [0.29, 0.717) is 17.9 Å². The monoisotopic (exact) mass is 348 g/mol. The molecule has 26 heavy (non-hydrogen) atoms. The standard InChI is InChI=1S/C20H20N4O2/c1-24-17-5-3-2-4-14(17)10-15(20(24)26)11-21-16-8-9-18(22-12-16)23-19(25)13-6-7-13/h2-5,8-10,12-13,21H,6-7,11H2,1H3,(H,22,23,25). The molecular weight excluding hydrogens is 328 g/mol. The Morgan fingerprint density at radius 3 is 2.77 bits per heavy atom. The Balaban J connectivity index is 1.47. The van der Waals surface area contributed by atoms with E-state index < -0.39 is 0 Å². The molecule has 0 atom stereocenters. The smallest absolute Gasteiger partial charge is 0.255 e. The van der Waals surface area contributed by atoms with E-state index in [2.05, 4.69) is 15.6 Å². The average molecular weight is 348 g/mol. The molecule has 0 radical (unpaired) electrons. The number of para-hydroxylation sites is 1. The molecule has 6 heteroatoms. The van der Waals surface area contributed by atoms with E-state index in [0.717, 1.165) is 29.4 Å². The average Bonchev–Trinajstić information content (AvgIpc) is 3.50. The van der Waals surface area contributed by atoms with Gasteiger partial charge in [-0.15, -0.1) is 0 Å². The van der Waals surface area contributed by atoms with Crippen molar-refractivity contribution >= 4 is 28.3 Å². The second kappa shape index (κ2) is 6.63. The summed E-state index contributed by atoms with van der Waals surface area (Å²) in [4.78, 5) is 28.5. The van der Waals surface area contributed by atoms with Crippen molar-refractivity contribution in [3.63, 3.8) is 0 Å². The van der Waals surface area contributed by atoms with Crippen molar-refractivity contribution in [2.75, 3.05) is 10.6 Å². The van der Waals surface area contributed by atoms with Crippen molar-refractivity contribution in [2.24, 2.45) is 13.0 Å². The van der Waals surface area contributed by atoms with Gasteiger partial charge >= 0.3 is 0 Å². The fourth-order valence-corrected chi connectivity index (χ4v) is 2.96. The molecule has 0 spiro atoms. The van der Waals surface area contributed by atoms with Crippen LogP contribution in [-0.2, 0) is 18.4 Å². The van der Waals surface area contributed by atoms with Gasteiger partial charge < -0.3 is 15.2 Å². The zero-order valence-electron chi connectivity index (χ0n) is 14.5. The third kappa shape index (κ3) is 3.31. The molecule has 0 bridgehead atoms. The minimum Gasteiger partial charge on any atom is -0.380 e. The number of hydrogen-bond donors (Lipinski definition) is 2. The molecule has 132 valence electrons. The predicted octanol–water partition coefficient (Wildman–Crippen LogP) is 2.89. The summed E-state index contributed by atoms with van der Waals surface area (Å²) < 4.78 is 1.67. The first-order chi connectivity index (χ1) is 12.6. The van der Waals surface area contributed by atoms with E-state index in [-0.39, 0.29) is 17.4 Å². The molecule has 6 nitrogen and oxygen atoms in total. The number of nitrogens with zero attached hydrogens (tertiary/aromatic N) is 2. The molecule has 0 unspecified atom stereocenters. The lowest BCUT2D eigenvalue weighted by molar-refractivity contribution is -0.117. The Morgan fingerprint density at radius 1 is 1.23 bits per heavy atom. The Kier molecular flexibility index (Phi) is 4.16. The molecule has 2 heterocycles. The van der Waals surface area contributed by atoms with Crippen molar-refractivity contribution in [1.82, 2.24) is 9.55 Å². The van der Waals surface area contributed by atoms with E-state index in [4.69, 9.17) is 0 Å². The van der Waals surface area contributed by atoms with Gasteiger partial charge in [-0.05, 0) is 42.5 Å². The van der Waals surface area contributed by atoms with Crippen LogP contribution < -0.4 is 16.2 Å². The number of nitrogens with one attached hydrogen (secondary N) is 2. The van der Waals surface area contributed by atoms with Gasteiger partial charge in [-0.25, -0.2) is 4.98 Å². The highest BCUT2D eigenvalue weighted by Gasteiger charge is 2.29. The van der Waals surface area contributed by atoms with Crippen LogP contribution in [0.15, 0.2) is 53.5 Å². The Morgan fingerprint density at radius 2 is 2.04 bits per heavy atom. The molecule has 1 saturated carbocycles. The number of aromatic nitrogens is 2. The number of aryl methyl sites for hydroxylation is 1. The van der Waals surface area contributed by atoms with Crippen molar-refractivity contribution in [2.45, 2.75) is 19.4 Å². The maximum absolute atomic E-state index is 12.5. The maximum atomic E-state index is 12.5. The highest BCUT2D eigenvalue weighted by atomic mass is 16.2. The number of anilines is 2. The topological polar surface area (TPSA) is 76.0 Å². The lowest BCUT2D eigenvalue weighted by Crippen LogP contribution is -2.23. The van der Waals surface area contributed by atoms with Crippen LogP contribution in [0.5, 0.6) is 0 Å². The number of pyridine rings is 2. The zero-order chi connectivity index (χ0) is 18.1. The quantitative estimate of drug-likeness (QED) is 0.743. The van der Waals surface area contributed by atoms with Gasteiger partial charge in [-0.2, -0.15) is 0 Å². The molecule has 1 aliphatic rings. The number of hydrogen-bond acceptors (Lipinski definition) is 4. The number of amides is 1. The van der Waals surface area contributed by atoms with Gasteiger partial charge in [0.25, 0.3) is 5.56 Å². The van der Waals surface area contributed by atoms with Crippen LogP contribution in [0.4, 0.5) is 11.5 Å². The van der Waals surface area contributed by atoms with Crippen LogP contribution in [0.2, 0.25) is 0 Å². The van der Waals surface area contributed by atoms with Crippen molar-refractivity contribution in [3.8, 4) is 0 Å². The maximum Gasteiger partial charge on any atom is 0.255 e. The third-order valence-electron chi connectivity index (χ3n) is 4.65. The van der Waals surface area contributed by atoms with E-state index in [1.807, 2.05) is 36.4 Å². The molecule has 2 aromatic heterocycles. The van der Waals surface area contributed by atoms with Gasteiger partial charge in [0.2, 0.25) is 5.91 Å². The SMILES string of the molecule is Cn1c(=O)c(CNc2ccc(NC(=O)C3CC3)nc2)cc2ccccc21.